The van der Waals surface area contributed by atoms with Crippen molar-refractivity contribution in [2.24, 2.45) is 0 Å². The minimum atomic E-state index is -0.643. The molecule has 2 heterocycles. The quantitative estimate of drug-likeness (QED) is 0.564. The van der Waals surface area contributed by atoms with Crippen LogP contribution in [0.5, 0.6) is 0 Å². The molecule has 0 aliphatic carbocycles. The summed E-state index contributed by atoms with van der Waals surface area (Å²) in [7, 11) is 0. The fourth-order valence-corrected chi connectivity index (χ4v) is 2.79. The minimum Gasteiger partial charge on any atom is -0.422 e. The van der Waals surface area contributed by atoms with Gasteiger partial charge in [-0.15, -0.1) is 0 Å². The lowest BCUT2D eigenvalue weighted by molar-refractivity contribution is 0.0947. The minimum absolute atomic E-state index is 0.00263. The van der Waals surface area contributed by atoms with Crippen molar-refractivity contribution >= 4 is 27.9 Å². The zero-order valence-corrected chi connectivity index (χ0v) is 13.5. The molecule has 2 aromatic carbocycles. The van der Waals surface area contributed by atoms with E-state index in [4.69, 9.17) is 4.42 Å². The molecular formula is C19H15N3O3. The average molecular weight is 333 g/mol. The second-order valence-corrected chi connectivity index (χ2v) is 5.84. The third-order valence-corrected chi connectivity index (χ3v) is 4.00. The normalized spacial score (nSPS) is 11.1. The van der Waals surface area contributed by atoms with Crippen molar-refractivity contribution < 1.29 is 9.21 Å². The summed E-state index contributed by atoms with van der Waals surface area (Å²) in [5, 5.41) is 3.47. The first-order chi connectivity index (χ1) is 12.1. The van der Waals surface area contributed by atoms with Gasteiger partial charge in [0.05, 0.1) is 11.0 Å². The molecule has 0 saturated carbocycles. The molecule has 0 unspecified atom stereocenters. The van der Waals surface area contributed by atoms with Crippen LogP contribution in [0.1, 0.15) is 21.7 Å². The zero-order chi connectivity index (χ0) is 17.4. The number of amides is 1. The molecule has 2 aromatic heterocycles. The molecule has 0 bridgehead atoms. The third kappa shape index (κ3) is 2.89. The Kier molecular flexibility index (Phi) is 3.57. The van der Waals surface area contributed by atoms with Crippen molar-refractivity contribution in [1.82, 2.24) is 15.3 Å². The van der Waals surface area contributed by atoms with Crippen molar-refractivity contribution in [2.75, 3.05) is 0 Å². The van der Waals surface area contributed by atoms with E-state index in [0.29, 0.717) is 17.5 Å². The van der Waals surface area contributed by atoms with Crippen LogP contribution in [-0.4, -0.2) is 15.9 Å². The highest BCUT2D eigenvalue weighted by Crippen LogP contribution is 2.14. The van der Waals surface area contributed by atoms with Gasteiger partial charge in [0, 0.05) is 11.9 Å². The van der Waals surface area contributed by atoms with E-state index in [2.05, 4.69) is 15.3 Å². The smallest absolute Gasteiger partial charge is 0.349 e. The molecule has 0 atom stereocenters. The predicted molar refractivity (Wildman–Crippen MR) is 94.5 cm³/mol. The molecule has 0 saturated heterocycles. The van der Waals surface area contributed by atoms with E-state index >= 15 is 0 Å². The molecule has 4 aromatic rings. The maximum Gasteiger partial charge on any atom is 0.349 e. The Morgan fingerprint density at radius 2 is 2.04 bits per heavy atom. The molecular weight excluding hydrogens is 318 g/mol. The topological polar surface area (TPSA) is 88.0 Å². The number of rotatable bonds is 3. The lowest BCUT2D eigenvalue weighted by Gasteiger charge is -2.05. The van der Waals surface area contributed by atoms with Gasteiger partial charge in [0.2, 0.25) is 0 Å². The SMILES string of the molecule is Cc1nc2ccc(CNC(=O)c3cc4ccccc4oc3=O)cc2[nH]1. The van der Waals surface area contributed by atoms with Crippen LogP contribution in [0.25, 0.3) is 22.0 Å². The first-order valence-electron chi connectivity index (χ1n) is 7.86. The summed E-state index contributed by atoms with van der Waals surface area (Å²) in [6.07, 6.45) is 0. The summed E-state index contributed by atoms with van der Waals surface area (Å²) < 4.78 is 5.20. The number of carbonyl (C=O) groups is 1. The summed E-state index contributed by atoms with van der Waals surface area (Å²) >= 11 is 0. The second-order valence-electron chi connectivity index (χ2n) is 5.84. The number of nitrogens with one attached hydrogen (secondary N) is 2. The fraction of sp³-hybridized carbons (Fsp3) is 0.105. The molecule has 124 valence electrons. The van der Waals surface area contributed by atoms with Gasteiger partial charge in [0.25, 0.3) is 5.91 Å². The lowest BCUT2D eigenvalue weighted by Crippen LogP contribution is -2.27. The van der Waals surface area contributed by atoms with Crippen LogP contribution in [0.4, 0.5) is 0 Å². The Hall–Kier alpha value is -3.41. The standard InChI is InChI=1S/C19H15N3O3/c1-11-21-15-7-6-12(8-16(15)22-11)10-20-18(23)14-9-13-4-2-3-5-17(13)25-19(14)24/h2-9H,10H2,1H3,(H,20,23)(H,21,22). The number of aryl methyl sites for hydroxylation is 1. The van der Waals surface area contributed by atoms with E-state index in [9.17, 15) is 9.59 Å². The number of carbonyl (C=O) groups excluding carboxylic acids is 1. The van der Waals surface area contributed by atoms with Gasteiger partial charge >= 0.3 is 5.63 Å². The maximum absolute atomic E-state index is 12.4. The lowest BCUT2D eigenvalue weighted by atomic mass is 10.1. The molecule has 0 spiro atoms. The number of nitrogens with zero attached hydrogens (tertiary/aromatic N) is 1. The summed E-state index contributed by atoms with van der Waals surface area (Å²) in [6.45, 7) is 2.19. The van der Waals surface area contributed by atoms with Crippen LogP contribution in [-0.2, 0) is 6.54 Å². The summed E-state index contributed by atoms with van der Waals surface area (Å²) in [5.41, 5.74) is 2.52. The molecule has 4 rings (SSSR count). The predicted octanol–water partition coefficient (Wildman–Crippen LogP) is 2.91. The van der Waals surface area contributed by atoms with Crippen molar-refractivity contribution in [3.05, 3.63) is 75.9 Å². The number of aromatic nitrogens is 2. The summed E-state index contributed by atoms with van der Waals surface area (Å²) in [4.78, 5) is 31.9. The largest absolute Gasteiger partial charge is 0.422 e. The van der Waals surface area contributed by atoms with Gasteiger partial charge in [0.1, 0.15) is 17.0 Å². The van der Waals surface area contributed by atoms with Gasteiger partial charge in [-0.05, 0) is 36.8 Å². The van der Waals surface area contributed by atoms with Gasteiger partial charge in [-0.3, -0.25) is 4.79 Å². The summed E-state index contributed by atoms with van der Waals surface area (Å²) in [5.74, 6) is 0.380. The van der Waals surface area contributed by atoms with Crippen molar-refractivity contribution in [2.45, 2.75) is 13.5 Å². The highest BCUT2D eigenvalue weighted by molar-refractivity contribution is 5.96. The molecule has 25 heavy (non-hydrogen) atoms. The summed E-state index contributed by atoms with van der Waals surface area (Å²) in [6, 6.07) is 14.4. The number of benzene rings is 2. The number of imidazole rings is 1. The van der Waals surface area contributed by atoms with Gasteiger partial charge in [0.15, 0.2) is 0 Å². The van der Waals surface area contributed by atoms with Crippen LogP contribution in [0.15, 0.2) is 57.7 Å². The molecule has 0 fully saturated rings. The number of hydrogen-bond donors (Lipinski definition) is 2. The van der Waals surface area contributed by atoms with Crippen molar-refractivity contribution in [1.29, 1.82) is 0 Å². The number of para-hydroxylation sites is 1. The second kappa shape index (κ2) is 5.90. The van der Waals surface area contributed by atoms with E-state index in [1.54, 1.807) is 24.3 Å². The van der Waals surface area contributed by atoms with Crippen molar-refractivity contribution in [3.8, 4) is 0 Å². The van der Waals surface area contributed by atoms with Gasteiger partial charge in [-0.1, -0.05) is 24.3 Å². The van der Waals surface area contributed by atoms with E-state index in [0.717, 1.165) is 22.4 Å². The number of fused-ring (bicyclic) bond motifs is 2. The number of hydrogen-bond acceptors (Lipinski definition) is 4. The van der Waals surface area contributed by atoms with Crippen LogP contribution in [0, 0.1) is 6.92 Å². The molecule has 0 aliphatic rings. The maximum atomic E-state index is 12.4. The molecule has 2 N–H and O–H groups in total. The number of H-pyrrole nitrogens is 1. The fourth-order valence-electron chi connectivity index (χ4n) is 2.79. The molecule has 0 radical (unpaired) electrons. The Morgan fingerprint density at radius 1 is 1.20 bits per heavy atom. The molecule has 0 aliphatic heterocycles. The van der Waals surface area contributed by atoms with Crippen LogP contribution in [0.2, 0.25) is 0 Å². The Morgan fingerprint density at radius 3 is 2.92 bits per heavy atom. The van der Waals surface area contributed by atoms with E-state index in [1.165, 1.54) is 0 Å². The van der Waals surface area contributed by atoms with Crippen LogP contribution < -0.4 is 10.9 Å². The Labute approximate surface area is 142 Å². The van der Waals surface area contributed by atoms with Gasteiger partial charge in [-0.2, -0.15) is 0 Å². The van der Waals surface area contributed by atoms with Crippen LogP contribution >= 0.6 is 0 Å². The first-order valence-corrected chi connectivity index (χ1v) is 7.86. The Balaban J connectivity index is 1.56. The molecule has 6 nitrogen and oxygen atoms in total. The van der Waals surface area contributed by atoms with Crippen LogP contribution in [0.3, 0.4) is 0 Å². The van der Waals surface area contributed by atoms with E-state index < -0.39 is 11.5 Å². The van der Waals surface area contributed by atoms with E-state index in [1.807, 2.05) is 31.2 Å². The average Bonchev–Trinajstić information content (AvgIpc) is 2.98. The number of aromatic amines is 1. The molecule has 6 heteroatoms. The Bertz CT molecular complexity index is 1160. The van der Waals surface area contributed by atoms with Gasteiger partial charge in [-0.25, -0.2) is 9.78 Å². The molecule has 1 amide bonds. The highest BCUT2D eigenvalue weighted by atomic mass is 16.4. The third-order valence-electron chi connectivity index (χ3n) is 4.00. The van der Waals surface area contributed by atoms with E-state index in [-0.39, 0.29) is 5.56 Å². The highest BCUT2D eigenvalue weighted by Gasteiger charge is 2.13. The zero-order valence-electron chi connectivity index (χ0n) is 13.5. The van der Waals surface area contributed by atoms with Crippen molar-refractivity contribution in [3.63, 3.8) is 0 Å². The monoisotopic (exact) mass is 333 g/mol. The van der Waals surface area contributed by atoms with Gasteiger partial charge < -0.3 is 14.7 Å². The first kappa shape index (κ1) is 15.1.